The predicted octanol–water partition coefficient (Wildman–Crippen LogP) is 3.25. The number of hydrogen-bond acceptors (Lipinski definition) is 5. The van der Waals surface area contributed by atoms with Gasteiger partial charge in [0.1, 0.15) is 5.60 Å². The quantitative estimate of drug-likeness (QED) is 0.465. The van der Waals surface area contributed by atoms with Crippen LogP contribution >= 0.6 is 0 Å². The number of carbonyl (C=O) groups excluding carboxylic acids is 3. The van der Waals surface area contributed by atoms with Gasteiger partial charge < -0.3 is 9.47 Å². The third-order valence-electron chi connectivity index (χ3n) is 4.92. The van der Waals surface area contributed by atoms with Crippen LogP contribution in [0.5, 0.6) is 0 Å². The van der Waals surface area contributed by atoms with E-state index in [1.165, 1.54) is 0 Å². The van der Waals surface area contributed by atoms with E-state index >= 15 is 0 Å². The molecular weight excluding hydrogens is 320 g/mol. The summed E-state index contributed by atoms with van der Waals surface area (Å²) in [6.07, 6.45) is 0. The van der Waals surface area contributed by atoms with Crippen molar-refractivity contribution in [2.24, 2.45) is 17.8 Å². The van der Waals surface area contributed by atoms with E-state index in [-0.39, 0.29) is 12.4 Å². The predicted molar refractivity (Wildman–Crippen MR) is 93.2 cm³/mol. The summed E-state index contributed by atoms with van der Waals surface area (Å²) >= 11 is 0. The second kappa shape index (κ2) is 6.98. The molecule has 2 rings (SSSR count). The lowest BCUT2D eigenvalue weighted by Gasteiger charge is -2.31. The molecule has 1 aliphatic rings. The number of carbonyl (C=O) groups is 3. The number of esters is 2. The van der Waals surface area contributed by atoms with Gasteiger partial charge in [-0.2, -0.15) is 0 Å². The molecule has 25 heavy (non-hydrogen) atoms. The van der Waals surface area contributed by atoms with E-state index in [1.807, 2.05) is 26.0 Å². The molecule has 1 heterocycles. The average molecular weight is 346 g/mol. The van der Waals surface area contributed by atoms with Crippen molar-refractivity contribution in [2.75, 3.05) is 6.61 Å². The van der Waals surface area contributed by atoms with Crippen LogP contribution in [0, 0.1) is 31.6 Å². The van der Waals surface area contributed by atoms with Gasteiger partial charge in [0.05, 0.1) is 6.61 Å². The minimum absolute atomic E-state index is 0.0943. The molecule has 3 atom stereocenters. The van der Waals surface area contributed by atoms with Gasteiger partial charge in [-0.3, -0.25) is 14.4 Å². The summed E-state index contributed by atoms with van der Waals surface area (Å²) in [6, 6.07) is 5.63. The van der Waals surface area contributed by atoms with Crippen molar-refractivity contribution < 1.29 is 23.9 Å². The number of aryl methyl sites for hydroxylation is 2. The zero-order chi connectivity index (χ0) is 18.9. The van der Waals surface area contributed by atoms with Crippen molar-refractivity contribution >= 4 is 17.7 Å². The van der Waals surface area contributed by atoms with Gasteiger partial charge in [-0.1, -0.05) is 30.7 Å². The Kier molecular flexibility index (Phi) is 5.35. The summed E-state index contributed by atoms with van der Waals surface area (Å²) in [5, 5.41) is 0. The zero-order valence-electron chi connectivity index (χ0n) is 15.7. The van der Waals surface area contributed by atoms with E-state index < -0.39 is 35.3 Å². The third kappa shape index (κ3) is 3.60. The lowest BCUT2D eigenvalue weighted by Crippen LogP contribution is -2.41. The summed E-state index contributed by atoms with van der Waals surface area (Å²) in [7, 11) is 0. The van der Waals surface area contributed by atoms with Crippen LogP contribution in [0.4, 0.5) is 0 Å². The first-order valence-electron chi connectivity index (χ1n) is 8.61. The lowest BCUT2D eigenvalue weighted by atomic mass is 9.72. The van der Waals surface area contributed by atoms with Gasteiger partial charge in [0.15, 0.2) is 11.7 Å². The molecule has 0 N–H and O–H groups in total. The molecule has 0 aromatic heterocycles. The first-order valence-corrected chi connectivity index (χ1v) is 8.61. The van der Waals surface area contributed by atoms with Crippen LogP contribution in [-0.4, -0.2) is 29.9 Å². The maximum atomic E-state index is 13.1. The number of rotatable bonds is 5. The van der Waals surface area contributed by atoms with Crippen molar-refractivity contribution in [3.63, 3.8) is 0 Å². The fourth-order valence-corrected chi connectivity index (χ4v) is 3.80. The Morgan fingerprint density at radius 1 is 1.28 bits per heavy atom. The highest BCUT2D eigenvalue weighted by Crippen LogP contribution is 2.43. The van der Waals surface area contributed by atoms with Gasteiger partial charge in [-0.15, -0.1) is 0 Å². The Morgan fingerprint density at radius 2 is 1.92 bits per heavy atom. The van der Waals surface area contributed by atoms with Gasteiger partial charge in [0.2, 0.25) is 0 Å². The molecule has 1 saturated heterocycles. The van der Waals surface area contributed by atoms with E-state index in [1.54, 1.807) is 33.8 Å². The van der Waals surface area contributed by atoms with Crippen LogP contribution in [0.2, 0.25) is 0 Å². The lowest BCUT2D eigenvalue weighted by molar-refractivity contribution is -0.157. The second-order valence-electron chi connectivity index (χ2n) is 7.25. The fraction of sp³-hybridized carbons (Fsp3) is 0.550. The zero-order valence-corrected chi connectivity index (χ0v) is 15.7. The van der Waals surface area contributed by atoms with E-state index in [4.69, 9.17) is 9.47 Å². The molecule has 0 saturated carbocycles. The maximum Gasteiger partial charge on any atom is 0.321 e. The Labute approximate surface area is 148 Å². The molecule has 1 aromatic rings. The average Bonchev–Trinajstić information content (AvgIpc) is 2.75. The summed E-state index contributed by atoms with van der Waals surface area (Å²) in [4.78, 5) is 37.6. The summed E-state index contributed by atoms with van der Waals surface area (Å²) in [5.74, 6) is -3.54. The van der Waals surface area contributed by atoms with Gasteiger partial charge in [-0.25, -0.2) is 0 Å². The topological polar surface area (TPSA) is 69.7 Å². The van der Waals surface area contributed by atoms with Crippen LogP contribution in [-0.2, 0) is 19.1 Å². The number of benzene rings is 1. The van der Waals surface area contributed by atoms with Gasteiger partial charge in [0.25, 0.3) is 0 Å². The van der Waals surface area contributed by atoms with Crippen molar-refractivity contribution in [3.05, 3.63) is 34.9 Å². The number of ether oxygens (including phenoxy) is 2. The largest absolute Gasteiger partial charge is 0.465 e. The Balaban J connectivity index is 2.39. The molecule has 5 nitrogen and oxygen atoms in total. The van der Waals surface area contributed by atoms with E-state index in [0.717, 1.165) is 11.1 Å². The van der Waals surface area contributed by atoms with Crippen LogP contribution in [0.3, 0.4) is 0 Å². The second-order valence-corrected chi connectivity index (χ2v) is 7.25. The molecular formula is C20H26O5. The van der Waals surface area contributed by atoms with E-state index in [0.29, 0.717) is 5.56 Å². The van der Waals surface area contributed by atoms with Crippen LogP contribution in [0.15, 0.2) is 18.2 Å². The van der Waals surface area contributed by atoms with Crippen molar-refractivity contribution in [3.8, 4) is 0 Å². The Bertz CT molecular complexity index is 704. The minimum Gasteiger partial charge on any atom is -0.465 e. The van der Waals surface area contributed by atoms with Crippen molar-refractivity contribution in [2.45, 2.75) is 47.1 Å². The minimum atomic E-state index is -1.07. The van der Waals surface area contributed by atoms with Crippen LogP contribution < -0.4 is 0 Å². The summed E-state index contributed by atoms with van der Waals surface area (Å²) in [6.45, 7) is 10.9. The molecule has 1 aromatic carbocycles. The molecule has 1 fully saturated rings. The number of ketones is 1. The number of cyclic esters (lactones) is 1. The summed E-state index contributed by atoms with van der Waals surface area (Å²) < 4.78 is 10.4. The highest BCUT2D eigenvalue weighted by molar-refractivity contribution is 6.02. The molecule has 0 radical (unpaired) electrons. The first-order chi connectivity index (χ1) is 11.6. The molecule has 0 spiro atoms. The van der Waals surface area contributed by atoms with Gasteiger partial charge >= 0.3 is 11.9 Å². The molecule has 0 amide bonds. The van der Waals surface area contributed by atoms with Crippen molar-refractivity contribution in [1.82, 2.24) is 0 Å². The van der Waals surface area contributed by atoms with Crippen molar-refractivity contribution in [1.29, 1.82) is 0 Å². The Morgan fingerprint density at radius 3 is 2.48 bits per heavy atom. The highest BCUT2D eigenvalue weighted by atomic mass is 16.6. The van der Waals surface area contributed by atoms with Gasteiger partial charge in [0, 0.05) is 17.4 Å². The normalized spacial score (nSPS) is 23.0. The van der Waals surface area contributed by atoms with Crippen LogP contribution in [0.25, 0.3) is 0 Å². The van der Waals surface area contributed by atoms with Crippen LogP contribution in [0.1, 0.15) is 49.2 Å². The summed E-state index contributed by atoms with van der Waals surface area (Å²) in [5.41, 5.74) is 1.65. The van der Waals surface area contributed by atoms with Gasteiger partial charge in [-0.05, 0) is 40.2 Å². The number of hydrogen-bond donors (Lipinski definition) is 0. The number of Topliss-reactive ketones (excluding diaryl/α,β-unsaturated/α-hetero) is 1. The molecule has 136 valence electrons. The molecule has 1 aliphatic heterocycles. The SMILES string of the molecule is CCOC(=O)[C@@H]1C(=O)OC(C)(C)[C@@H]1[C@@H](C)C(=O)c1ccc(C)cc1C. The third-order valence-corrected chi connectivity index (χ3v) is 4.92. The Hall–Kier alpha value is -2.17. The molecule has 0 aliphatic carbocycles. The molecule has 5 heteroatoms. The van der Waals surface area contributed by atoms with E-state index in [2.05, 4.69) is 0 Å². The standard InChI is InChI=1S/C20H26O5/c1-7-24-18(22)15-16(20(5,6)25-19(15)23)13(4)17(21)14-9-8-11(2)10-12(14)3/h8-10,13,15-16H,7H2,1-6H3/t13-,15-,16-/m1/s1. The first kappa shape index (κ1) is 19.2. The maximum absolute atomic E-state index is 13.1. The molecule has 0 bridgehead atoms. The molecule has 0 unspecified atom stereocenters. The smallest absolute Gasteiger partial charge is 0.321 e. The monoisotopic (exact) mass is 346 g/mol. The van der Waals surface area contributed by atoms with E-state index in [9.17, 15) is 14.4 Å². The fourth-order valence-electron chi connectivity index (χ4n) is 3.80. The highest BCUT2D eigenvalue weighted by Gasteiger charge is 2.57.